The molecular formula is C50H53OP. The monoisotopic (exact) mass is 700 g/mol. The van der Waals surface area contributed by atoms with E-state index in [-0.39, 0.29) is 11.8 Å². The van der Waals surface area contributed by atoms with Crippen LogP contribution in [0.25, 0.3) is 17.7 Å². The first kappa shape index (κ1) is 38.3. The summed E-state index contributed by atoms with van der Waals surface area (Å²) in [6.45, 7) is 16.5. The van der Waals surface area contributed by atoms with Gasteiger partial charge in [0.25, 0.3) is 0 Å². The Morgan fingerprint density at radius 1 is 0.962 bits per heavy atom. The molecule has 0 aromatic heterocycles. The normalized spacial score (nSPS) is 19.6. The van der Waals surface area contributed by atoms with E-state index in [1.54, 1.807) is 6.08 Å². The molecule has 0 aliphatic heterocycles. The first-order valence-corrected chi connectivity index (χ1v) is 20.3. The van der Waals surface area contributed by atoms with Crippen LogP contribution in [0.2, 0.25) is 0 Å². The lowest BCUT2D eigenvalue weighted by Gasteiger charge is -2.29. The van der Waals surface area contributed by atoms with Crippen molar-refractivity contribution in [1.29, 1.82) is 0 Å². The minimum atomic E-state index is -3.24. The van der Waals surface area contributed by atoms with Crippen LogP contribution in [0, 0.1) is 5.92 Å². The fourth-order valence-corrected chi connectivity index (χ4v) is 9.87. The van der Waals surface area contributed by atoms with Crippen LogP contribution in [0.3, 0.4) is 0 Å². The average Bonchev–Trinajstić information content (AvgIpc) is 3.17. The topological polar surface area (TPSA) is 17.1 Å². The van der Waals surface area contributed by atoms with Crippen LogP contribution in [-0.2, 0) is 4.57 Å². The van der Waals surface area contributed by atoms with Crippen LogP contribution in [0.4, 0.5) is 0 Å². The van der Waals surface area contributed by atoms with Gasteiger partial charge in [-0.25, -0.2) is 0 Å². The number of benzene rings is 3. The van der Waals surface area contributed by atoms with Gasteiger partial charge in [0.05, 0.1) is 0 Å². The van der Waals surface area contributed by atoms with Crippen molar-refractivity contribution >= 4 is 30.2 Å². The van der Waals surface area contributed by atoms with Gasteiger partial charge < -0.3 is 4.57 Å². The van der Waals surface area contributed by atoms with Crippen molar-refractivity contribution in [3.8, 4) is 0 Å². The molecule has 0 saturated carbocycles. The molecule has 0 N–H and O–H groups in total. The summed E-state index contributed by atoms with van der Waals surface area (Å²) in [5, 5.41) is 4.99. The first-order valence-electron chi connectivity index (χ1n) is 18.6. The lowest BCUT2D eigenvalue weighted by molar-refractivity contribution is 0.541. The summed E-state index contributed by atoms with van der Waals surface area (Å²) < 4.78 is 16.0. The highest BCUT2D eigenvalue weighted by molar-refractivity contribution is 7.79. The van der Waals surface area contributed by atoms with Gasteiger partial charge in [-0.05, 0) is 101 Å². The van der Waals surface area contributed by atoms with E-state index in [2.05, 4.69) is 167 Å². The molecule has 52 heavy (non-hydrogen) atoms. The molecule has 3 aromatic rings. The Balaban J connectivity index is 1.65. The molecule has 1 nitrogen and oxygen atoms in total. The van der Waals surface area contributed by atoms with Crippen LogP contribution in [0.15, 0.2) is 187 Å². The molecule has 0 bridgehead atoms. The SMILES string of the molecule is C=CC=CC=C(C)P(=O)(C1=CC(C(C)c2ccccc2C=C2C=CC=CC2)CC=C1)c1cccc(C(CC=CC(=C)C)=c2ccccc2=CCC)c1. The molecule has 264 valence electrons. The average molecular weight is 701 g/mol. The zero-order valence-electron chi connectivity index (χ0n) is 31.3. The number of allylic oxidation sites excluding steroid dienone is 17. The van der Waals surface area contributed by atoms with Crippen LogP contribution >= 0.6 is 7.14 Å². The molecular weight excluding hydrogens is 648 g/mol. The highest BCUT2D eigenvalue weighted by Gasteiger charge is 2.33. The van der Waals surface area contributed by atoms with Gasteiger partial charge in [-0.2, -0.15) is 0 Å². The number of hydrogen-bond acceptors (Lipinski definition) is 1. The van der Waals surface area contributed by atoms with Crippen molar-refractivity contribution < 1.29 is 4.57 Å². The third-order valence-corrected chi connectivity index (χ3v) is 13.1. The fraction of sp³-hybridized carbons (Fsp3) is 0.200. The Morgan fingerprint density at radius 3 is 2.54 bits per heavy atom. The van der Waals surface area contributed by atoms with E-state index in [0.717, 1.165) is 52.8 Å². The molecule has 3 aromatic carbocycles. The summed E-state index contributed by atoms with van der Waals surface area (Å²) in [7, 11) is -3.24. The second-order valence-electron chi connectivity index (χ2n) is 13.7. The van der Waals surface area contributed by atoms with E-state index in [4.69, 9.17) is 0 Å². The zero-order valence-corrected chi connectivity index (χ0v) is 32.2. The van der Waals surface area contributed by atoms with E-state index in [1.807, 2.05) is 32.1 Å². The fourth-order valence-electron chi connectivity index (χ4n) is 7.13. The summed E-state index contributed by atoms with van der Waals surface area (Å²) in [4.78, 5) is 0. The van der Waals surface area contributed by atoms with Crippen LogP contribution < -0.4 is 15.7 Å². The van der Waals surface area contributed by atoms with Crippen LogP contribution in [0.1, 0.15) is 76.0 Å². The van der Waals surface area contributed by atoms with Crippen LogP contribution in [0.5, 0.6) is 0 Å². The Labute approximate surface area is 312 Å². The third-order valence-electron chi connectivity index (χ3n) is 9.90. The van der Waals surface area contributed by atoms with Gasteiger partial charge in [-0.3, -0.25) is 0 Å². The van der Waals surface area contributed by atoms with Gasteiger partial charge in [0.15, 0.2) is 7.14 Å². The van der Waals surface area contributed by atoms with Crippen molar-refractivity contribution in [1.82, 2.24) is 0 Å². The molecule has 2 aliphatic carbocycles. The Bertz CT molecular complexity index is 2210. The molecule has 0 fully saturated rings. The summed E-state index contributed by atoms with van der Waals surface area (Å²) in [5.41, 5.74) is 7.17. The molecule has 0 spiro atoms. The highest BCUT2D eigenvalue weighted by Crippen LogP contribution is 2.61. The second kappa shape index (κ2) is 18.5. The van der Waals surface area contributed by atoms with Crippen molar-refractivity contribution in [2.75, 3.05) is 0 Å². The van der Waals surface area contributed by atoms with Crippen molar-refractivity contribution in [3.05, 3.63) is 214 Å². The minimum absolute atomic E-state index is 0.195. The predicted octanol–water partition coefficient (Wildman–Crippen LogP) is 12.4. The summed E-state index contributed by atoms with van der Waals surface area (Å²) in [6.07, 6.45) is 35.2. The van der Waals surface area contributed by atoms with E-state index < -0.39 is 7.14 Å². The van der Waals surface area contributed by atoms with E-state index in [1.165, 1.54) is 32.7 Å². The molecule has 2 aliphatic rings. The molecule has 3 atom stereocenters. The summed E-state index contributed by atoms with van der Waals surface area (Å²) >= 11 is 0. The van der Waals surface area contributed by atoms with Crippen LogP contribution in [-0.4, -0.2) is 0 Å². The van der Waals surface area contributed by atoms with E-state index in [9.17, 15) is 0 Å². The quantitative estimate of drug-likeness (QED) is 0.128. The minimum Gasteiger partial charge on any atom is -0.309 e. The standard InChI is InChI=1S/C50H53OP/c1-7-9-11-23-39(5)52(51,46-30-19-28-43(36-46)40(6)48-32-16-15-27-44(48)35-41-24-12-10-13-25-41)47-31-20-29-45(37-47)50(34-18-22-38(3)4)49-33-17-14-26-42(49)21-8-2/h7,9-24,26-27,29-33,35-37,40,43H,1,3,8,25,28,34H2,2,4-6H3. The lowest BCUT2D eigenvalue weighted by Crippen LogP contribution is -2.27. The highest BCUT2D eigenvalue weighted by atomic mass is 31.2. The Hall–Kier alpha value is -4.97. The maximum absolute atomic E-state index is 16.0. The van der Waals surface area contributed by atoms with Crippen molar-refractivity contribution in [3.63, 3.8) is 0 Å². The largest absolute Gasteiger partial charge is 0.309 e. The van der Waals surface area contributed by atoms with E-state index in [0.29, 0.717) is 0 Å². The molecule has 2 heteroatoms. The third kappa shape index (κ3) is 9.27. The lowest BCUT2D eigenvalue weighted by atomic mass is 9.81. The van der Waals surface area contributed by atoms with Gasteiger partial charge in [0.1, 0.15) is 0 Å². The van der Waals surface area contributed by atoms with Gasteiger partial charge >= 0.3 is 0 Å². The molecule has 5 rings (SSSR count). The molecule has 0 radical (unpaired) electrons. The van der Waals surface area contributed by atoms with Gasteiger partial charge in [0, 0.05) is 10.6 Å². The van der Waals surface area contributed by atoms with Crippen molar-refractivity contribution in [2.45, 2.75) is 59.3 Å². The maximum Gasteiger partial charge on any atom is 0.166 e. The second-order valence-corrected chi connectivity index (χ2v) is 16.7. The molecule has 0 saturated heterocycles. The van der Waals surface area contributed by atoms with Gasteiger partial charge in [-0.15, -0.1) is 0 Å². The molecule has 3 unspecified atom stereocenters. The van der Waals surface area contributed by atoms with Gasteiger partial charge in [-0.1, -0.05) is 190 Å². The Morgan fingerprint density at radius 2 is 1.77 bits per heavy atom. The maximum atomic E-state index is 16.0. The molecule has 0 amide bonds. The first-order chi connectivity index (χ1) is 25.3. The summed E-state index contributed by atoms with van der Waals surface area (Å²) in [6, 6.07) is 25.8. The number of hydrogen-bond donors (Lipinski definition) is 0. The summed E-state index contributed by atoms with van der Waals surface area (Å²) in [5.74, 6) is 0.424. The molecule has 0 heterocycles. The van der Waals surface area contributed by atoms with Crippen molar-refractivity contribution in [2.24, 2.45) is 5.92 Å². The van der Waals surface area contributed by atoms with Gasteiger partial charge in [0.2, 0.25) is 0 Å². The number of rotatable bonds is 13. The van der Waals surface area contributed by atoms with E-state index >= 15 is 4.57 Å². The Kier molecular flexibility index (Phi) is 13.6. The zero-order chi connectivity index (χ0) is 36.9. The predicted molar refractivity (Wildman–Crippen MR) is 229 cm³/mol. The smallest absolute Gasteiger partial charge is 0.166 e.